The summed E-state index contributed by atoms with van der Waals surface area (Å²) >= 11 is 0. The molecule has 0 aromatic heterocycles. The number of piperidine rings is 2. The van der Waals surface area contributed by atoms with Crippen molar-refractivity contribution < 1.29 is 4.79 Å². The molecule has 138 valence electrons. The smallest absolute Gasteiger partial charge is 0.220 e. The molecular formula is C17H32IN5O. The number of rotatable bonds is 2. The van der Waals surface area contributed by atoms with Gasteiger partial charge in [0.15, 0.2) is 5.96 Å². The largest absolute Gasteiger partial charge is 0.356 e. The molecule has 3 saturated heterocycles. The van der Waals surface area contributed by atoms with Crippen LogP contribution >= 0.6 is 24.0 Å². The van der Waals surface area contributed by atoms with Crippen LogP contribution in [0.15, 0.2) is 4.99 Å². The van der Waals surface area contributed by atoms with E-state index < -0.39 is 0 Å². The Morgan fingerprint density at radius 2 is 2.12 bits per heavy atom. The molecule has 3 rings (SSSR count). The number of amides is 1. The Balaban J connectivity index is 0.00000208. The maximum absolute atomic E-state index is 11.6. The molecule has 1 unspecified atom stereocenters. The van der Waals surface area contributed by atoms with Crippen LogP contribution < -0.4 is 10.6 Å². The molecule has 3 heterocycles. The van der Waals surface area contributed by atoms with Crippen molar-refractivity contribution >= 4 is 35.8 Å². The molecule has 2 N–H and O–H groups in total. The topological polar surface area (TPSA) is 60.0 Å². The molecule has 0 aliphatic carbocycles. The summed E-state index contributed by atoms with van der Waals surface area (Å²) in [5.41, 5.74) is 0.125. The minimum atomic E-state index is 0. The fourth-order valence-electron chi connectivity index (χ4n) is 4.26. The monoisotopic (exact) mass is 449 g/mol. The molecule has 1 atom stereocenters. The van der Waals surface area contributed by atoms with E-state index >= 15 is 0 Å². The van der Waals surface area contributed by atoms with Crippen LogP contribution in [0, 0.1) is 11.3 Å². The lowest BCUT2D eigenvalue weighted by molar-refractivity contribution is -0.119. The van der Waals surface area contributed by atoms with Gasteiger partial charge in [0.25, 0.3) is 0 Å². The summed E-state index contributed by atoms with van der Waals surface area (Å²) in [4.78, 5) is 20.9. The molecule has 0 aromatic carbocycles. The fourth-order valence-corrected chi connectivity index (χ4v) is 4.26. The number of carbonyl (C=O) groups excluding carboxylic acids is 1. The van der Waals surface area contributed by atoms with Gasteiger partial charge in [0, 0.05) is 45.1 Å². The molecular weight excluding hydrogens is 417 g/mol. The Bertz CT molecular complexity index is 464. The highest BCUT2D eigenvalue weighted by molar-refractivity contribution is 14.0. The molecule has 1 amide bonds. The van der Waals surface area contributed by atoms with Crippen LogP contribution in [-0.4, -0.2) is 75.0 Å². The first kappa shape index (κ1) is 19.8. The zero-order valence-electron chi connectivity index (χ0n) is 15.0. The van der Waals surface area contributed by atoms with Gasteiger partial charge in [-0.3, -0.25) is 9.79 Å². The predicted molar refractivity (Wildman–Crippen MR) is 108 cm³/mol. The first-order valence-corrected chi connectivity index (χ1v) is 9.01. The normalized spacial score (nSPS) is 29.5. The first-order chi connectivity index (χ1) is 11.1. The highest BCUT2D eigenvalue weighted by atomic mass is 127. The van der Waals surface area contributed by atoms with E-state index in [0.29, 0.717) is 6.42 Å². The van der Waals surface area contributed by atoms with Crippen LogP contribution in [0.25, 0.3) is 0 Å². The van der Waals surface area contributed by atoms with Crippen LogP contribution in [0.2, 0.25) is 0 Å². The average Bonchev–Trinajstić information content (AvgIpc) is 2.90. The number of halogens is 1. The van der Waals surface area contributed by atoms with E-state index in [2.05, 4.69) is 32.5 Å². The van der Waals surface area contributed by atoms with Crippen molar-refractivity contribution in [2.45, 2.75) is 32.1 Å². The maximum atomic E-state index is 11.6. The number of nitrogens with one attached hydrogen (secondary N) is 2. The molecule has 0 saturated carbocycles. The standard InChI is InChI=1S/C17H31N5O.HI/c1-18-16(19-11-14-4-8-21(2)9-5-14)22-7-3-6-17(13-22)10-15(23)20-12-17;/h14H,3-13H2,1-2H3,(H,18,19)(H,20,23);1H. The Morgan fingerprint density at radius 1 is 1.38 bits per heavy atom. The van der Waals surface area contributed by atoms with Crippen molar-refractivity contribution in [1.29, 1.82) is 0 Å². The number of likely N-dealkylation sites (tertiary alicyclic amines) is 2. The summed E-state index contributed by atoms with van der Waals surface area (Å²) in [5, 5.41) is 6.61. The van der Waals surface area contributed by atoms with E-state index in [1.165, 1.54) is 25.9 Å². The fraction of sp³-hybridized carbons (Fsp3) is 0.882. The summed E-state index contributed by atoms with van der Waals surface area (Å²) in [6.45, 7) is 6.23. The third-order valence-electron chi connectivity index (χ3n) is 5.76. The quantitative estimate of drug-likeness (QED) is 0.377. The van der Waals surface area contributed by atoms with Gasteiger partial charge in [-0.15, -0.1) is 24.0 Å². The lowest BCUT2D eigenvalue weighted by atomic mass is 9.79. The zero-order valence-corrected chi connectivity index (χ0v) is 17.3. The van der Waals surface area contributed by atoms with Crippen LogP contribution in [-0.2, 0) is 4.79 Å². The minimum absolute atomic E-state index is 0. The molecule has 0 radical (unpaired) electrons. The number of nitrogens with zero attached hydrogens (tertiary/aromatic N) is 3. The average molecular weight is 449 g/mol. The van der Waals surface area contributed by atoms with Gasteiger partial charge in [0.1, 0.15) is 0 Å². The van der Waals surface area contributed by atoms with Crippen LogP contribution in [0.1, 0.15) is 32.1 Å². The number of hydrogen-bond donors (Lipinski definition) is 2. The van der Waals surface area contributed by atoms with Gasteiger partial charge in [0.2, 0.25) is 5.91 Å². The second-order valence-corrected chi connectivity index (χ2v) is 7.65. The lowest BCUT2D eigenvalue weighted by Crippen LogP contribution is -2.52. The summed E-state index contributed by atoms with van der Waals surface area (Å²) in [6, 6.07) is 0. The number of hydrogen-bond acceptors (Lipinski definition) is 3. The Morgan fingerprint density at radius 3 is 2.75 bits per heavy atom. The van der Waals surface area contributed by atoms with Crippen molar-refractivity contribution in [2.75, 3.05) is 53.4 Å². The van der Waals surface area contributed by atoms with E-state index in [4.69, 9.17) is 0 Å². The molecule has 1 spiro atoms. The molecule has 3 aliphatic rings. The van der Waals surface area contributed by atoms with Crippen molar-refractivity contribution in [3.05, 3.63) is 0 Å². The second kappa shape index (κ2) is 8.69. The molecule has 0 aromatic rings. The van der Waals surface area contributed by atoms with Crippen molar-refractivity contribution in [3.63, 3.8) is 0 Å². The van der Waals surface area contributed by atoms with Gasteiger partial charge in [-0.05, 0) is 51.7 Å². The van der Waals surface area contributed by atoms with Gasteiger partial charge in [0.05, 0.1) is 0 Å². The third kappa shape index (κ3) is 4.74. The highest BCUT2D eigenvalue weighted by Crippen LogP contribution is 2.36. The van der Waals surface area contributed by atoms with E-state index in [-0.39, 0.29) is 35.3 Å². The number of guanidine groups is 1. The van der Waals surface area contributed by atoms with Crippen molar-refractivity contribution in [1.82, 2.24) is 20.4 Å². The van der Waals surface area contributed by atoms with Gasteiger partial charge in [-0.1, -0.05) is 0 Å². The SMILES string of the molecule is CN=C(NCC1CCN(C)CC1)N1CCCC2(CNC(=O)C2)C1.I. The van der Waals surface area contributed by atoms with Gasteiger partial charge >= 0.3 is 0 Å². The van der Waals surface area contributed by atoms with E-state index in [1.807, 2.05) is 7.05 Å². The molecule has 3 fully saturated rings. The Hall–Kier alpha value is -0.570. The zero-order chi connectivity index (χ0) is 16.3. The number of aliphatic imine (C=N–C) groups is 1. The van der Waals surface area contributed by atoms with Crippen LogP contribution in [0.4, 0.5) is 0 Å². The maximum Gasteiger partial charge on any atom is 0.220 e. The molecule has 0 bridgehead atoms. The summed E-state index contributed by atoms with van der Waals surface area (Å²) in [6.07, 6.45) is 5.50. The van der Waals surface area contributed by atoms with Crippen LogP contribution in [0.3, 0.4) is 0 Å². The molecule has 24 heavy (non-hydrogen) atoms. The summed E-state index contributed by atoms with van der Waals surface area (Å²) in [7, 11) is 4.07. The minimum Gasteiger partial charge on any atom is -0.356 e. The van der Waals surface area contributed by atoms with E-state index in [0.717, 1.165) is 50.9 Å². The summed E-state index contributed by atoms with van der Waals surface area (Å²) in [5.74, 6) is 1.97. The molecule has 7 heteroatoms. The van der Waals surface area contributed by atoms with Crippen molar-refractivity contribution in [2.24, 2.45) is 16.3 Å². The Kier molecular flexibility index (Phi) is 7.15. The molecule has 6 nitrogen and oxygen atoms in total. The predicted octanol–water partition coefficient (Wildman–Crippen LogP) is 1.12. The molecule has 3 aliphatic heterocycles. The van der Waals surface area contributed by atoms with Gasteiger partial charge in [-0.2, -0.15) is 0 Å². The van der Waals surface area contributed by atoms with Gasteiger partial charge < -0.3 is 20.4 Å². The van der Waals surface area contributed by atoms with Crippen LogP contribution in [0.5, 0.6) is 0 Å². The van der Waals surface area contributed by atoms with E-state index in [9.17, 15) is 4.79 Å². The first-order valence-electron chi connectivity index (χ1n) is 9.01. The van der Waals surface area contributed by atoms with Crippen molar-refractivity contribution in [3.8, 4) is 0 Å². The second-order valence-electron chi connectivity index (χ2n) is 7.65. The number of carbonyl (C=O) groups is 1. The van der Waals surface area contributed by atoms with E-state index in [1.54, 1.807) is 0 Å². The lowest BCUT2D eigenvalue weighted by Gasteiger charge is -2.41. The Labute approximate surface area is 162 Å². The van der Waals surface area contributed by atoms with Gasteiger partial charge in [-0.25, -0.2) is 0 Å². The highest BCUT2D eigenvalue weighted by Gasteiger charge is 2.42. The third-order valence-corrected chi connectivity index (χ3v) is 5.76. The summed E-state index contributed by atoms with van der Waals surface area (Å²) < 4.78 is 0.